The fraction of sp³-hybridized carbons (Fsp3) is 0.467. The van der Waals surface area contributed by atoms with Crippen LogP contribution in [-0.2, 0) is 0 Å². The minimum Gasteiger partial charge on any atom is -0.0760 e. The van der Waals surface area contributed by atoms with Gasteiger partial charge in [-0.05, 0) is 55.5 Å². The molecule has 0 N–H and O–H groups in total. The third-order valence-electron chi connectivity index (χ3n) is 3.02. The highest BCUT2D eigenvalue weighted by molar-refractivity contribution is 5.41. The van der Waals surface area contributed by atoms with E-state index in [2.05, 4.69) is 52.0 Å². The molecule has 0 aliphatic carbocycles. The van der Waals surface area contributed by atoms with Gasteiger partial charge in [0, 0.05) is 0 Å². The minimum absolute atomic E-state index is 1.14. The molecule has 0 unspecified atom stereocenters. The van der Waals surface area contributed by atoms with Crippen LogP contribution in [0.15, 0.2) is 18.2 Å². The molecule has 1 aromatic carbocycles. The van der Waals surface area contributed by atoms with Gasteiger partial charge in [0.25, 0.3) is 0 Å². The Labute approximate surface area is 94.0 Å². The molecule has 0 amide bonds. The van der Waals surface area contributed by atoms with Gasteiger partial charge in [0.05, 0.1) is 0 Å². The van der Waals surface area contributed by atoms with Crippen LogP contribution in [0, 0.1) is 26.8 Å². The second kappa shape index (κ2) is 5.75. The van der Waals surface area contributed by atoms with E-state index in [1.807, 2.05) is 0 Å². The SMILES string of the molecule is CCCC/C=[C]\c1ccc(C)c(C)c1C. The topological polar surface area (TPSA) is 0 Å². The highest BCUT2D eigenvalue weighted by atomic mass is 14.0. The maximum Gasteiger partial charge on any atom is -0.0146 e. The normalized spacial score (nSPS) is 11.2. The first-order valence-electron chi connectivity index (χ1n) is 5.81. The second-order valence-corrected chi connectivity index (χ2v) is 4.17. The highest BCUT2D eigenvalue weighted by Crippen LogP contribution is 2.17. The molecule has 0 aromatic heterocycles. The quantitative estimate of drug-likeness (QED) is 0.629. The zero-order valence-corrected chi connectivity index (χ0v) is 10.4. The zero-order chi connectivity index (χ0) is 11.3. The number of hydrogen-bond acceptors (Lipinski definition) is 0. The summed E-state index contributed by atoms with van der Waals surface area (Å²) in [5, 5.41) is 0. The molecule has 1 aromatic rings. The summed E-state index contributed by atoms with van der Waals surface area (Å²) in [6, 6.07) is 4.35. The Hall–Kier alpha value is -1.04. The number of allylic oxidation sites excluding steroid dienone is 1. The van der Waals surface area contributed by atoms with Gasteiger partial charge in [0.1, 0.15) is 0 Å². The predicted molar refractivity (Wildman–Crippen MR) is 67.1 cm³/mol. The summed E-state index contributed by atoms with van der Waals surface area (Å²) in [5.41, 5.74) is 5.37. The van der Waals surface area contributed by atoms with Gasteiger partial charge in [-0.1, -0.05) is 38.0 Å². The summed E-state index contributed by atoms with van der Waals surface area (Å²) in [5.74, 6) is 0. The third-order valence-corrected chi connectivity index (χ3v) is 3.02. The van der Waals surface area contributed by atoms with Crippen LogP contribution in [-0.4, -0.2) is 0 Å². The first kappa shape index (κ1) is 12.0. The Morgan fingerprint density at radius 3 is 2.53 bits per heavy atom. The van der Waals surface area contributed by atoms with Crippen molar-refractivity contribution >= 4 is 0 Å². The lowest BCUT2D eigenvalue weighted by Crippen LogP contribution is -1.90. The van der Waals surface area contributed by atoms with Crippen LogP contribution in [0.5, 0.6) is 0 Å². The fourth-order valence-corrected chi connectivity index (χ4v) is 1.60. The van der Waals surface area contributed by atoms with Crippen LogP contribution in [0.25, 0.3) is 0 Å². The van der Waals surface area contributed by atoms with Gasteiger partial charge in [-0.3, -0.25) is 0 Å². The van der Waals surface area contributed by atoms with E-state index >= 15 is 0 Å². The number of benzene rings is 1. The van der Waals surface area contributed by atoms with E-state index in [4.69, 9.17) is 0 Å². The van der Waals surface area contributed by atoms with E-state index in [0.717, 1.165) is 6.42 Å². The summed E-state index contributed by atoms with van der Waals surface area (Å²) in [7, 11) is 0. The van der Waals surface area contributed by atoms with Gasteiger partial charge in [-0.25, -0.2) is 0 Å². The van der Waals surface area contributed by atoms with E-state index in [0.29, 0.717) is 0 Å². The van der Waals surface area contributed by atoms with Crippen LogP contribution in [0.1, 0.15) is 48.4 Å². The number of unbranched alkanes of at least 4 members (excludes halogenated alkanes) is 2. The highest BCUT2D eigenvalue weighted by Gasteiger charge is 2.00. The Bertz CT molecular complexity index is 345. The largest absolute Gasteiger partial charge is 0.0760 e. The molecule has 0 fully saturated rings. The summed E-state index contributed by atoms with van der Waals surface area (Å²) in [4.78, 5) is 0. The van der Waals surface area contributed by atoms with Crippen LogP contribution in [0.4, 0.5) is 0 Å². The van der Waals surface area contributed by atoms with Crippen molar-refractivity contribution in [1.29, 1.82) is 0 Å². The summed E-state index contributed by atoms with van der Waals surface area (Å²) >= 11 is 0. The molecule has 0 heterocycles. The standard InChI is InChI=1S/C15H21/c1-5-6-7-8-9-15-11-10-12(2)13(3)14(15)4/h8,10-11H,5-7H2,1-4H3. The molecule has 0 saturated carbocycles. The van der Waals surface area contributed by atoms with Crippen LogP contribution in [0.2, 0.25) is 0 Å². The molecule has 0 atom stereocenters. The van der Waals surface area contributed by atoms with Crippen molar-refractivity contribution in [3.05, 3.63) is 46.5 Å². The Morgan fingerprint density at radius 2 is 1.87 bits per heavy atom. The van der Waals surface area contributed by atoms with Gasteiger partial charge in [-0.15, -0.1) is 0 Å². The first-order chi connectivity index (χ1) is 7.16. The average molecular weight is 201 g/mol. The van der Waals surface area contributed by atoms with Crippen molar-refractivity contribution in [1.82, 2.24) is 0 Å². The smallest absolute Gasteiger partial charge is 0.0146 e. The molecule has 0 heteroatoms. The predicted octanol–water partition coefficient (Wildman–Crippen LogP) is 4.51. The van der Waals surface area contributed by atoms with Crippen LogP contribution >= 0.6 is 0 Å². The van der Waals surface area contributed by atoms with Gasteiger partial charge >= 0.3 is 0 Å². The Morgan fingerprint density at radius 1 is 1.13 bits per heavy atom. The molecule has 0 spiro atoms. The second-order valence-electron chi connectivity index (χ2n) is 4.17. The Kier molecular flexibility index (Phi) is 4.61. The molecular weight excluding hydrogens is 180 g/mol. The molecule has 81 valence electrons. The molecule has 0 aliphatic heterocycles. The third kappa shape index (κ3) is 3.23. The molecule has 1 radical (unpaired) electrons. The van der Waals surface area contributed by atoms with Crippen LogP contribution in [0.3, 0.4) is 0 Å². The van der Waals surface area contributed by atoms with Crippen molar-refractivity contribution in [2.75, 3.05) is 0 Å². The summed E-state index contributed by atoms with van der Waals surface area (Å²) in [6.07, 6.45) is 9.21. The lowest BCUT2D eigenvalue weighted by molar-refractivity contribution is 0.813. The summed E-state index contributed by atoms with van der Waals surface area (Å²) < 4.78 is 0. The maximum absolute atomic E-state index is 3.39. The van der Waals surface area contributed by atoms with Gasteiger partial charge in [0.15, 0.2) is 0 Å². The monoisotopic (exact) mass is 201 g/mol. The number of hydrogen-bond donors (Lipinski definition) is 0. The van der Waals surface area contributed by atoms with Crippen molar-refractivity contribution in [2.45, 2.75) is 47.0 Å². The molecule has 0 saturated heterocycles. The van der Waals surface area contributed by atoms with E-state index in [-0.39, 0.29) is 0 Å². The zero-order valence-electron chi connectivity index (χ0n) is 10.4. The molecular formula is C15H21. The van der Waals surface area contributed by atoms with Gasteiger partial charge < -0.3 is 0 Å². The van der Waals surface area contributed by atoms with Gasteiger partial charge in [0.2, 0.25) is 0 Å². The Balaban J connectivity index is 2.78. The first-order valence-corrected chi connectivity index (χ1v) is 5.81. The fourth-order valence-electron chi connectivity index (χ4n) is 1.60. The van der Waals surface area contributed by atoms with Gasteiger partial charge in [-0.2, -0.15) is 0 Å². The van der Waals surface area contributed by atoms with E-state index in [9.17, 15) is 0 Å². The molecule has 0 aliphatic rings. The van der Waals surface area contributed by atoms with Crippen molar-refractivity contribution in [2.24, 2.45) is 0 Å². The lowest BCUT2D eigenvalue weighted by atomic mass is 9.98. The molecule has 0 nitrogen and oxygen atoms in total. The number of aryl methyl sites for hydroxylation is 1. The summed E-state index contributed by atoms with van der Waals surface area (Å²) in [6.45, 7) is 8.74. The van der Waals surface area contributed by atoms with Crippen molar-refractivity contribution < 1.29 is 0 Å². The van der Waals surface area contributed by atoms with E-state index < -0.39 is 0 Å². The molecule has 15 heavy (non-hydrogen) atoms. The minimum atomic E-state index is 1.14. The maximum atomic E-state index is 3.39. The van der Waals surface area contributed by atoms with Crippen molar-refractivity contribution in [3.8, 4) is 0 Å². The molecule has 0 bridgehead atoms. The molecule has 1 rings (SSSR count). The average Bonchev–Trinajstić information content (AvgIpc) is 2.24. The number of rotatable bonds is 4. The van der Waals surface area contributed by atoms with E-state index in [1.54, 1.807) is 0 Å². The van der Waals surface area contributed by atoms with E-state index in [1.165, 1.54) is 35.1 Å². The lowest BCUT2D eigenvalue weighted by Gasteiger charge is -2.07. The van der Waals surface area contributed by atoms with Crippen molar-refractivity contribution in [3.63, 3.8) is 0 Å². The van der Waals surface area contributed by atoms with Crippen LogP contribution < -0.4 is 0 Å².